The molecule has 1 N–H and O–H groups in total. The molecule has 0 bridgehead atoms. The van der Waals surface area contributed by atoms with Crippen LogP contribution in [0, 0.1) is 0 Å². The zero-order valence-corrected chi connectivity index (χ0v) is 13.9. The van der Waals surface area contributed by atoms with Gasteiger partial charge in [-0.1, -0.05) is 48.2 Å². The second kappa shape index (κ2) is 7.31. The first-order chi connectivity index (χ1) is 11.5. The lowest BCUT2D eigenvalue weighted by Crippen LogP contribution is -1.98. The van der Waals surface area contributed by atoms with Gasteiger partial charge in [-0.2, -0.15) is 23.5 Å². The Kier molecular flexibility index (Phi) is 5.15. The maximum Gasteiger partial charge on any atom is 0.446 e. The maximum atomic E-state index is 12.3. The molecule has 0 aliphatic carbocycles. The van der Waals surface area contributed by atoms with Crippen molar-refractivity contribution in [3.63, 3.8) is 0 Å². The van der Waals surface area contributed by atoms with Gasteiger partial charge in [-0.05, 0) is 40.6 Å². The summed E-state index contributed by atoms with van der Waals surface area (Å²) in [6.45, 7) is 0. The molecule has 2 aromatic carbocycles. The van der Waals surface area contributed by atoms with E-state index in [9.17, 15) is 13.2 Å². The zero-order chi connectivity index (χ0) is 17.0. The molecule has 0 fully saturated rings. The van der Waals surface area contributed by atoms with Crippen LogP contribution in [0.4, 0.5) is 13.2 Å². The molecule has 0 unspecified atom stereocenters. The second-order valence-corrected chi connectivity index (χ2v) is 7.00. The van der Waals surface area contributed by atoms with Crippen molar-refractivity contribution in [2.24, 2.45) is 0 Å². The number of thioether (sulfide) groups is 2. The third-order valence-corrected chi connectivity index (χ3v) is 4.86. The van der Waals surface area contributed by atoms with Crippen LogP contribution < -0.4 is 0 Å². The molecule has 1 heterocycles. The Labute approximate surface area is 145 Å². The SMILES string of the molecule is FC(F)(F)Sc1ccc(-c2ccc(CSc3cn[nH]n3)cc2)cc1. The largest absolute Gasteiger partial charge is 0.446 e. The van der Waals surface area contributed by atoms with Crippen molar-refractivity contribution in [2.75, 3.05) is 0 Å². The normalized spacial score (nSPS) is 11.6. The van der Waals surface area contributed by atoms with Gasteiger partial charge >= 0.3 is 5.51 Å². The lowest BCUT2D eigenvalue weighted by atomic mass is 10.0. The number of H-pyrrole nitrogens is 1. The third-order valence-electron chi connectivity index (χ3n) is 3.15. The number of aromatic nitrogens is 3. The molecule has 1 aromatic heterocycles. The molecule has 24 heavy (non-hydrogen) atoms. The average molecular weight is 367 g/mol. The van der Waals surface area contributed by atoms with E-state index in [2.05, 4.69) is 15.4 Å². The monoisotopic (exact) mass is 367 g/mol. The summed E-state index contributed by atoms with van der Waals surface area (Å²) in [5, 5.41) is 11.1. The first-order valence-electron chi connectivity index (χ1n) is 6.93. The lowest BCUT2D eigenvalue weighted by Gasteiger charge is -2.07. The fourth-order valence-electron chi connectivity index (χ4n) is 2.06. The molecule has 0 aliphatic rings. The Morgan fingerprint density at radius 2 is 1.54 bits per heavy atom. The van der Waals surface area contributed by atoms with Crippen molar-refractivity contribution in [2.45, 2.75) is 21.2 Å². The number of hydrogen-bond donors (Lipinski definition) is 1. The predicted molar refractivity (Wildman–Crippen MR) is 89.7 cm³/mol. The van der Waals surface area contributed by atoms with Gasteiger partial charge in [0.2, 0.25) is 0 Å². The standard InChI is InChI=1S/C16H12F3N3S2/c17-16(18,19)24-14-7-5-13(6-8-14)12-3-1-11(2-4-12)10-23-15-9-20-22-21-15/h1-9H,10H2,(H,20,21,22). The second-order valence-electron chi connectivity index (χ2n) is 4.87. The number of nitrogens with zero attached hydrogens (tertiary/aromatic N) is 2. The summed E-state index contributed by atoms with van der Waals surface area (Å²) in [5.74, 6) is 0.772. The number of nitrogens with one attached hydrogen (secondary N) is 1. The van der Waals surface area contributed by atoms with Crippen LogP contribution in [0.1, 0.15) is 5.56 Å². The number of alkyl halides is 3. The molecule has 0 atom stereocenters. The first-order valence-corrected chi connectivity index (χ1v) is 8.73. The van der Waals surface area contributed by atoms with Crippen molar-refractivity contribution in [1.29, 1.82) is 0 Å². The van der Waals surface area contributed by atoms with E-state index in [1.54, 1.807) is 30.1 Å². The van der Waals surface area contributed by atoms with E-state index in [4.69, 9.17) is 0 Å². The van der Waals surface area contributed by atoms with Crippen LogP contribution in [0.2, 0.25) is 0 Å². The van der Waals surface area contributed by atoms with E-state index >= 15 is 0 Å². The van der Waals surface area contributed by atoms with Crippen molar-refractivity contribution >= 4 is 23.5 Å². The van der Waals surface area contributed by atoms with E-state index in [0.29, 0.717) is 0 Å². The van der Waals surface area contributed by atoms with Gasteiger partial charge in [-0.15, -0.1) is 5.10 Å². The molecule has 3 nitrogen and oxygen atoms in total. The van der Waals surface area contributed by atoms with Gasteiger partial charge in [-0.25, -0.2) is 0 Å². The van der Waals surface area contributed by atoms with Crippen LogP contribution in [0.3, 0.4) is 0 Å². The van der Waals surface area contributed by atoms with Crippen LogP contribution >= 0.6 is 23.5 Å². The third kappa shape index (κ3) is 4.78. The van der Waals surface area contributed by atoms with Crippen molar-refractivity contribution in [3.8, 4) is 11.1 Å². The summed E-state index contributed by atoms with van der Waals surface area (Å²) < 4.78 is 37.0. The van der Waals surface area contributed by atoms with Gasteiger partial charge in [0, 0.05) is 10.6 Å². The Bertz CT molecular complexity index is 770. The molecular formula is C16H12F3N3S2. The number of aromatic amines is 1. The van der Waals surface area contributed by atoms with Gasteiger partial charge in [0.05, 0.1) is 6.20 Å². The van der Waals surface area contributed by atoms with Crippen LogP contribution in [0.5, 0.6) is 0 Å². The topological polar surface area (TPSA) is 41.6 Å². The summed E-state index contributed by atoms with van der Waals surface area (Å²) in [4.78, 5) is 0.187. The lowest BCUT2D eigenvalue weighted by molar-refractivity contribution is -0.0328. The molecule has 0 spiro atoms. The van der Waals surface area contributed by atoms with E-state index in [-0.39, 0.29) is 16.7 Å². The number of hydrogen-bond acceptors (Lipinski definition) is 4. The molecule has 3 aromatic rings. The quantitative estimate of drug-likeness (QED) is 0.615. The fourth-order valence-corrected chi connectivity index (χ4v) is 3.34. The number of benzene rings is 2. The Morgan fingerprint density at radius 3 is 2.08 bits per heavy atom. The summed E-state index contributed by atoms with van der Waals surface area (Å²) in [5.41, 5.74) is -1.27. The molecule has 0 saturated carbocycles. The smallest absolute Gasteiger partial charge is 0.197 e. The van der Waals surface area contributed by atoms with Gasteiger partial charge in [0.25, 0.3) is 0 Å². The molecular weight excluding hydrogens is 355 g/mol. The molecule has 3 rings (SSSR count). The highest BCUT2D eigenvalue weighted by atomic mass is 32.2. The average Bonchev–Trinajstić information content (AvgIpc) is 3.06. The molecule has 8 heteroatoms. The van der Waals surface area contributed by atoms with E-state index in [0.717, 1.165) is 27.5 Å². The zero-order valence-electron chi connectivity index (χ0n) is 12.2. The van der Waals surface area contributed by atoms with Crippen LogP contribution in [0.25, 0.3) is 11.1 Å². The highest BCUT2D eigenvalue weighted by molar-refractivity contribution is 8.00. The molecule has 0 amide bonds. The van der Waals surface area contributed by atoms with Crippen molar-refractivity contribution in [3.05, 3.63) is 60.3 Å². The molecule has 0 radical (unpaired) electrons. The Balaban J connectivity index is 1.64. The minimum Gasteiger partial charge on any atom is -0.197 e. The minimum absolute atomic E-state index is 0.104. The molecule has 0 aliphatic heterocycles. The highest BCUT2D eigenvalue weighted by Crippen LogP contribution is 2.37. The first kappa shape index (κ1) is 16.9. The van der Waals surface area contributed by atoms with Gasteiger partial charge < -0.3 is 0 Å². The van der Waals surface area contributed by atoms with Gasteiger partial charge in [-0.3, -0.25) is 0 Å². The summed E-state index contributed by atoms with van der Waals surface area (Å²) in [6.07, 6.45) is 1.67. The number of rotatable bonds is 5. The Hall–Kier alpha value is -1.93. The van der Waals surface area contributed by atoms with Crippen LogP contribution in [0.15, 0.2) is 64.6 Å². The highest BCUT2D eigenvalue weighted by Gasteiger charge is 2.28. The van der Waals surface area contributed by atoms with Gasteiger partial charge in [0.15, 0.2) is 0 Å². The minimum atomic E-state index is -4.26. The van der Waals surface area contributed by atoms with E-state index in [1.807, 2.05) is 24.3 Å². The van der Waals surface area contributed by atoms with Crippen LogP contribution in [-0.4, -0.2) is 20.9 Å². The number of halogens is 3. The Morgan fingerprint density at radius 1 is 0.917 bits per heavy atom. The van der Waals surface area contributed by atoms with Crippen molar-refractivity contribution in [1.82, 2.24) is 15.4 Å². The van der Waals surface area contributed by atoms with Crippen LogP contribution in [-0.2, 0) is 5.75 Å². The molecule has 124 valence electrons. The van der Waals surface area contributed by atoms with E-state index < -0.39 is 5.51 Å². The fraction of sp³-hybridized carbons (Fsp3) is 0.125. The predicted octanol–water partition coefficient (Wildman–Crippen LogP) is 5.38. The summed E-state index contributed by atoms with van der Waals surface area (Å²) in [6, 6.07) is 14.3. The molecule has 0 saturated heterocycles. The summed E-state index contributed by atoms with van der Waals surface area (Å²) >= 11 is 1.47. The van der Waals surface area contributed by atoms with Crippen molar-refractivity contribution < 1.29 is 13.2 Å². The van der Waals surface area contributed by atoms with E-state index in [1.165, 1.54) is 12.1 Å². The van der Waals surface area contributed by atoms with Gasteiger partial charge in [0.1, 0.15) is 5.03 Å². The maximum absolute atomic E-state index is 12.3. The summed E-state index contributed by atoms with van der Waals surface area (Å²) in [7, 11) is 0.